The number of primary amides is 2. The number of carbonyl (C=O) groups excluding carboxylic acids is 3. The molecule has 0 bridgehead atoms. The molecule has 6 heteroatoms. The van der Waals surface area contributed by atoms with Crippen LogP contribution in [0.4, 0.5) is 0 Å². The average molecular weight is 345 g/mol. The van der Waals surface area contributed by atoms with Crippen LogP contribution in [0.25, 0.3) is 0 Å². The molecule has 0 radical (unpaired) electrons. The maximum absolute atomic E-state index is 12.5. The molecule has 1 saturated carbocycles. The average Bonchev–Trinajstić information content (AvgIpc) is 2.60. The molecule has 2 rings (SSSR count). The minimum Gasteiger partial charge on any atom is -0.366 e. The van der Waals surface area contributed by atoms with Crippen molar-refractivity contribution in [2.45, 2.75) is 57.9 Å². The molecular weight excluding hydrogens is 318 g/mol. The fraction of sp³-hybridized carbons (Fsp3) is 0.526. The Morgan fingerprint density at radius 3 is 1.96 bits per heavy atom. The standard InChI is InChI=1S/C19H27N3O3/c1-2-3-4-12-5-7-16(8-6-12)22-19(25)15-10-13(17(20)23)9-14(11-15)18(21)24/h9-12,16H,2-8H2,1H3,(H2,20,23)(H2,21,24)(H,22,25). The minimum atomic E-state index is -0.700. The third kappa shape index (κ3) is 5.31. The summed E-state index contributed by atoms with van der Waals surface area (Å²) in [6.07, 6.45) is 7.90. The highest BCUT2D eigenvalue weighted by Gasteiger charge is 2.23. The first-order valence-electron chi connectivity index (χ1n) is 8.96. The molecule has 1 aromatic rings. The largest absolute Gasteiger partial charge is 0.366 e. The third-order valence-electron chi connectivity index (χ3n) is 4.91. The van der Waals surface area contributed by atoms with E-state index in [0.717, 1.165) is 31.6 Å². The molecule has 0 spiro atoms. The van der Waals surface area contributed by atoms with Gasteiger partial charge in [0, 0.05) is 22.7 Å². The minimum absolute atomic E-state index is 0.102. The second kappa shape index (κ2) is 8.65. The predicted molar refractivity (Wildman–Crippen MR) is 96.2 cm³/mol. The maximum Gasteiger partial charge on any atom is 0.251 e. The number of nitrogens with one attached hydrogen (secondary N) is 1. The molecule has 1 aromatic carbocycles. The van der Waals surface area contributed by atoms with Crippen molar-refractivity contribution in [2.75, 3.05) is 0 Å². The molecule has 6 nitrogen and oxygen atoms in total. The number of benzene rings is 1. The maximum atomic E-state index is 12.5. The van der Waals surface area contributed by atoms with Crippen molar-refractivity contribution < 1.29 is 14.4 Å². The first kappa shape index (κ1) is 19.0. The van der Waals surface area contributed by atoms with Crippen molar-refractivity contribution in [3.05, 3.63) is 34.9 Å². The van der Waals surface area contributed by atoms with Crippen LogP contribution in [0.1, 0.15) is 82.9 Å². The van der Waals surface area contributed by atoms with E-state index in [4.69, 9.17) is 11.5 Å². The molecule has 5 N–H and O–H groups in total. The molecule has 1 aliphatic rings. The number of nitrogens with two attached hydrogens (primary N) is 2. The molecule has 1 fully saturated rings. The van der Waals surface area contributed by atoms with Crippen molar-refractivity contribution in [3.63, 3.8) is 0 Å². The molecule has 0 aliphatic heterocycles. The zero-order valence-corrected chi connectivity index (χ0v) is 14.7. The lowest BCUT2D eigenvalue weighted by Crippen LogP contribution is -2.37. The van der Waals surface area contributed by atoms with E-state index in [-0.39, 0.29) is 28.6 Å². The second-order valence-electron chi connectivity index (χ2n) is 6.86. The fourth-order valence-electron chi connectivity index (χ4n) is 3.40. The van der Waals surface area contributed by atoms with E-state index in [1.54, 1.807) is 0 Å². The van der Waals surface area contributed by atoms with Gasteiger partial charge in [0.2, 0.25) is 11.8 Å². The van der Waals surface area contributed by atoms with Crippen LogP contribution in [0.15, 0.2) is 18.2 Å². The lowest BCUT2D eigenvalue weighted by atomic mass is 9.83. The summed E-state index contributed by atoms with van der Waals surface area (Å²) in [5.74, 6) is -0.947. The number of amides is 3. The number of hydrogen-bond acceptors (Lipinski definition) is 3. The summed E-state index contributed by atoms with van der Waals surface area (Å²) in [6.45, 7) is 2.20. The fourth-order valence-corrected chi connectivity index (χ4v) is 3.40. The third-order valence-corrected chi connectivity index (χ3v) is 4.91. The highest BCUT2D eigenvalue weighted by molar-refractivity contribution is 6.03. The molecule has 136 valence electrons. The Morgan fingerprint density at radius 1 is 0.960 bits per heavy atom. The number of unbranched alkanes of at least 4 members (excludes halogenated alkanes) is 1. The van der Waals surface area contributed by atoms with Crippen LogP contribution >= 0.6 is 0 Å². The molecule has 0 heterocycles. The van der Waals surface area contributed by atoms with Gasteiger partial charge >= 0.3 is 0 Å². The molecule has 0 unspecified atom stereocenters. The molecule has 25 heavy (non-hydrogen) atoms. The lowest BCUT2D eigenvalue weighted by molar-refractivity contribution is 0.0921. The molecule has 0 atom stereocenters. The smallest absolute Gasteiger partial charge is 0.251 e. The Labute approximate surface area is 148 Å². The van der Waals surface area contributed by atoms with Crippen LogP contribution < -0.4 is 16.8 Å². The highest BCUT2D eigenvalue weighted by Crippen LogP contribution is 2.28. The summed E-state index contributed by atoms with van der Waals surface area (Å²) >= 11 is 0. The molecule has 3 amide bonds. The van der Waals surface area contributed by atoms with Gasteiger partial charge in [-0.15, -0.1) is 0 Å². The zero-order valence-electron chi connectivity index (χ0n) is 14.7. The van der Waals surface area contributed by atoms with Crippen LogP contribution in [0.5, 0.6) is 0 Å². The highest BCUT2D eigenvalue weighted by atomic mass is 16.2. The van der Waals surface area contributed by atoms with Crippen molar-refractivity contribution >= 4 is 17.7 Å². The second-order valence-corrected chi connectivity index (χ2v) is 6.86. The van der Waals surface area contributed by atoms with Gasteiger partial charge in [-0.25, -0.2) is 0 Å². The Bertz CT molecular complexity index is 617. The van der Waals surface area contributed by atoms with Crippen LogP contribution in [-0.2, 0) is 0 Å². The number of rotatable bonds is 7. The first-order chi connectivity index (χ1) is 11.9. The summed E-state index contributed by atoms with van der Waals surface area (Å²) in [4.78, 5) is 35.3. The van der Waals surface area contributed by atoms with Crippen LogP contribution in [0.2, 0.25) is 0 Å². The Hall–Kier alpha value is -2.37. The summed E-state index contributed by atoms with van der Waals surface area (Å²) < 4.78 is 0. The topological polar surface area (TPSA) is 115 Å². The van der Waals surface area contributed by atoms with E-state index < -0.39 is 11.8 Å². The van der Waals surface area contributed by atoms with Crippen LogP contribution in [-0.4, -0.2) is 23.8 Å². The summed E-state index contributed by atoms with van der Waals surface area (Å²) in [6, 6.07) is 4.23. The Kier molecular flexibility index (Phi) is 6.56. The van der Waals surface area contributed by atoms with Crippen molar-refractivity contribution in [3.8, 4) is 0 Å². The lowest BCUT2D eigenvalue weighted by Gasteiger charge is -2.29. The van der Waals surface area contributed by atoms with Gasteiger partial charge in [0.1, 0.15) is 0 Å². The molecule has 0 saturated heterocycles. The van der Waals surface area contributed by atoms with Gasteiger partial charge in [-0.1, -0.05) is 26.2 Å². The first-order valence-corrected chi connectivity index (χ1v) is 8.96. The number of carbonyl (C=O) groups is 3. The van der Waals surface area contributed by atoms with Gasteiger partial charge in [0.05, 0.1) is 0 Å². The molecule has 0 aromatic heterocycles. The van der Waals surface area contributed by atoms with Gasteiger partial charge in [0.25, 0.3) is 5.91 Å². The van der Waals surface area contributed by atoms with Gasteiger partial charge < -0.3 is 16.8 Å². The van der Waals surface area contributed by atoms with Crippen molar-refractivity contribution in [1.82, 2.24) is 5.32 Å². The van der Waals surface area contributed by atoms with E-state index in [9.17, 15) is 14.4 Å². The van der Waals surface area contributed by atoms with E-state index in [0.29, 0.717) is 0 Å². The van der Waals surface area contributed by atoms with E-state index in [1.165, 1.54) is 37.5 Å². The van der Waals surface area contributed by atoms with Gasteiger partial charge in [-0.3, -0.25) is 14.4 Å². The van der Waals surface area contributed by atoms with Crippen molar-refractivity contribution in [2.24, 2.45) is 17.4 Å². The monoisotopic (exact) mass is 345 g/mol. The van der Waals surface area contributed by atoms with E-state index in [1.807, 2.05) is 0 Å². The Morgan fingerprint density at radius 2 is 1.48 bits per heavy atom. The molecular formula is C19H27N3O3. The summed E-state index contributed by atoms with van der Waals surface area (Å²) in [5.41, 5.74) is 11.0. The van der Waals surface area contributed by atoms with Crippen LogP contribution in [0, 0.1) is 5.92 Å². The van der Waals surface area contributed by atoms with Crippen molar-refractivity contribution in [1.29, 1.82) is 0 Å². The van der Waals surface area contributed by atoms with Crippen LogP contribution in [0.3, 0.4) is 0 Å². The van der Waals surface area contributed by atoms with Gasteiger partial charge in [0.15, 0.2) is 0 Å². The Balaban J connectivity index is 2.01. The molecule has 1 aliphatic carbocycles. The number of hydrogen-bond donors (Lipinski definition) is 3. The SMILES string of the molecule is CCCCC1CCC(NC(=O)c2cc(C(N)=O)cc(C(N)=O)c2)CC1. The van der Waals surface area contributed by atoms with Gasteiger partial charge in [-0.2, -0.15) is 0 Å². The predicted octanol–water partition coefficient (Wildman–Crippen LogP) is 2.36. The summed E-state index contributed by atoms with van der Waals surface area (Å²) in [5, 5.41) is 3.00. The van der Waals surface area contributed by atoms with Gasteiger partial charge in [-0.05, 0) is 49.8 Å². The normalized spacial score (nSPS) is 20.0. The van der Waals surface area contributed by atoms with E-state index in [2.05, 4.69) is 12.2 Å². The quantitative estimate of drug-likeness (QED) is 0.704. The summed E-state index contributed by atoms with van der Waals surface area (Å²) in [7, 11) is 0. The zero-order chi connectivity index (χ0) is 18.4. The van der Waals surface area contributed by atoms with E-state index >= 15 is 0 Å².